The van der Waals surface area contributed by atoms with E-state index in [1.165, 1.54) is 51.4 Å². The first-order valence-corrected chi connectivity index (χ1v) is 27.5. The van der Waals surface area contributed by atoms with Crippen LogP contribution in [0.1, 0.15) is 233 Å². The molecule has 6 nitrogen and oxygen atoms in total. The van der Waals surface area contributed by atoms with Crippen LogP contribution in [0.15, 0.2) is 122 Å². The van der Waals surface area contributed by atoms with Gasteiger partial charge in [0.25, 0.3) is 0 Å². The Labute approximate surface area is 418 Å². The minimum atomic E-state index is -0.815. The van der Waals surface area contributed by atoms with Crippen LogP contribution in [0.4, 0.5) is 0 Å². The van der Waals surface area contributed by atoms with Crippen LogP contribution in [0.5, 0.6) is 0 Å². The van der Waals surface area contributed by atoms with Crippen LogP contribution in [-0.2, 0) is 28.6 Å². The largest absolute Gasteiger partial charge is 0.462 e. The summed E-state index contributed by atoms with van der Waals surface area (Å²) >= 11 is 0. The molecule has 0 saturated carbocycles. The highest BCUT2D eigenvalue weighted by Gasteiger charge is 2.19. The van der Waals surface area contributed by atoms with Gasteiger partial charge in [-0.05, 0) is 122 Å². The molecule has 0 aromatic heterocycles. The highest BCUT2D eigenvalue weighted by Crippen LogP contribution is 2.13. The normalized spacial score (nSPS) is 13.0. The number of carbonyl (C=O) groups excluding carboxylic acids is 3. The van der Waals surface area contributed by atoms with E-state index in [2.05, 4.69) is 142 Å². The average molecular weight is 941 g/mol. The third-order valence-corrected chi connectivity index (χ3v) is 11.2. The second-order valence-corrected chi connectivity index (χ2v) is 17.7. The second-order valence-electron chi connectivity index (χ2n) is 17.7. The molecular weight excluding hydrogens is 841 g/mol. The second kappa shape index (κ2) is 55.4. The summed E-state index contributed by atoms with van der Waals surface area (Å²) in [4.78, 5) is 38.0. The molecule has 0 radical (unpaired) electrons. The van der Waals surface area contributed by atoms with E-state index in [1.807, 2.05) is 0 Å². The highest BCUT2D eigenvalue weighted by atomic mass is 16.6. The molecule has 0 heterocycles. The fourth-order valence-corrected chi connectivity index (χ4v) is 7.05. The van der Waals surface area contributed by atoms with Crippen LogP contribution in [0.25, 0.3) is 0 Å². The van der Waals surface area contributed by atoms with E-state index in [1.54, 1.807) is 0 Å². The molecule has 1 unspecified atom stereocenters. The Morgan fingerprint density at radius 1 is 0.309 bits per heavy atom. The standard InChI is InChI=1S/C62H100O6/c1-4-7-10-13-16-19-22-25-27-28-29-30-31-32-33-34-35-38-40-43-46-49-52-55-61(64)67-58-59(57-66-60(63)54-51-48-45-42-39-36-24-21-18-15-12-9-6-3)68-62(65)56-53-50-47-44-41-37-26-23-20-17-14-11-8-5-2/h7,10,12,15-16,19,21,23-27,29-30,32-33,35,38,43,46,59H,4-6,8-9,11,13-14,17-18,20,22,28,31,34,36-37,39-42,44-45,47-58H2,1-3H3/b10-7-,15-12-,19-16-,24-21-,26-23-,27-25-,30-29-,33-32-,38-35-,46-43-. The number of rotatable bonds is 48. The zero-order valence-electron chi connectivity index (χ0n) is 43.8. The molecule has 0 aromatic rings. The summed E-state index contributed by atoms with van der Waals surface area (Å²) in [7, 11) is 0. The van der Waals surface area contributed by atoms with E-state index in [-0.39, 0.29) is 37.5 Å². The first-order valence-electron chi connectivity index (χ1n) is 27.5. The van der Waals surface area contributed by atoms with Gasteiger partial charge in [-0.15, -0.1) is 0 Å². The van der Waals surface area contributed by atoms with Crippen molar-refractivity contribution in [3.8, 4) is 0 Å². The average Bonchev–Trinajstić information content (AvgIpc) is 3.34. The molecule has 0 bridgehead atoms. The predicted octanol–water partition coefficient (Wildman–Crippen LogP) is 18.5. The lowest BCUT2D eigenvalue weighted by molar-refractivity contribution is -0.167. The monoisotopic (exact) mass is 941 g/mol. The fraction of sp³-hybridized carbons (Fsp3) is 0.629. The third-order valence-electron chi connectivity index (χ3n) is 11.2. The summed E-state index contributed by atoms with van der Waals surface area (Å²) in [6, 6.07) is 0. The molecule has 0 saturated heterocycles. The lowest BCUT2D eigenvalue weighted by Gasteiger charge is -2.18. The minimum Gasteiger partial charge on any atom is -0.462 e. The smallest absolute Gasteiger partial charge is 0.306 e. The van der Waals surface area contributed by atoms with E-state index in [0.717, 1.165) is 135 Å². The van der Waals surface area contributed by atoms with Gasteiger partial charge in [0.2, 0.25) is 0 Å². The first-order chi connectivity index (χ1) is 33.5. The molecule has 68 heavy (non-hydrogen) atoms. The SMILES string of the molecule is CC/C=C\C/C=C\C/C=C\C/C=C\C/C=C\C/C=C\C/C=C\CCCC(=O)OCC(COC(=O)CCCCCCC/C=C\C/C=C\CCC)OC(=O)CCCCCCC/C=C\CCCCCCC. The Morgan fingerprint density at radius 3 is 1.03 bits per heavy atom. The highest BCUT2D eigenvalue weighted by molar-refractivity contribution is 5.71. The molecule has 6 heteroatoms. The zero-order valence-corrected chi connectivity index (χ0v) is 43.8. The summed E-state index contributed by atoms with van der Waals surface area (Å²) in [5, 5.41) is 0. The third kappa shape index (κ3) is 52.8. The van der Waals surface area contributed by atoms with Crippen molar-refractivity contribution in [3.63, 3.8) is 0 Å². The zero-order chi connectivity index (χ0) is 49.3. The molecule has 0 aliphatic rings. The Kier molecular flexibility index (Phi) is 52.0. The van der Waals surface area contributed by atoms with Crippen molar-refractivity contribution in [3.05, 3.63) is 122 Å². The first kappa shape index (κ1) is 63.8. The molecular formula is C62H100O6. The molecule has 0 aliphatic heterocycles. The summed E-state index contributed by atoms with van der Waals surface area (Å²) in [6.45, 7) is 6.37. The summed E-state index contributed by atoms with van der Waals surface area (Å²) in [5.74, 6) is -0.998. The molecule has 0 rings (SSSR count). The van der Waals surface area contributed by atoms with Crippen molar-refractivity contribution in [2.24, 2.45) is 0 Å². The molecule has 1 atom stereocenters. The van der Waals surface area contributed by atoms with Crippen LogP contribution in [0, 0.1) is 0 Å². The van der Waals surface area contributed by atoms with E-state index in [9.17, 15) is 14.4 Å². The quantitative estimate of drug-likeness (QED) is 0.0262. The number of allylic oxidation sites excluding steroid dienone is 20. The van der Waals surface area contributed by atoms with Crippen molar-refractivity contribution in [2.45, 2.75) is 239 Å². The van der Waals surface area contributed by atoms with E-state index in [0.29, 0.717) is 19.3 Å². The maximum atomic E-state index is 12.8. The van der Waals surface area contributed by atoms with Gasteiger partial charge < -0.3 is 14.2 Å². The van der Waals surface area contributed by atoms with Crippen LogP contribution in [0.3, 0.4) is 0 Å². The lowest BCUT2D eigenvalue weighted by Crippen LogP contribution is -2.30. The number of ether oxygens (including phenoxy) is 3. The van der Waals surface area contributed by atoms with Crippen molar-refractivity contribution < 1.29 is 28.6 Å². The Hall–Kier alpha value is -4.19. The summed E-state index contributed by atoms with van der Waals surface area (Å²) in [6.07, 6.45) is 76.2. The van der Waals surface area contributed by atoms with Crippen LogP contribution in [0.2, 0.25) is 0 Å². The number of carbonyl (C=O) groups is 3. The summed E-state index contributed by atoms with van der Waals surface area (Å²) < 4.78 is 16.8. The van der Waals surface area contributed by atoms with Crippen LogP contribution >= 0.6 is 0 Å². The van der Waals surface area contributed by atoms with Crippen LogP contribution < -0.4 is 0 Å². The van der Waals surface area contributed by atoms with Gasteiger partial charge in [0.1, 0.15) is 13.2 Å². The summed E-state index contributed by atoms with van der Waals surface area (Å²) in [5.41, 5.74) is 0. The Morgan fingerprint density at radius 2 is 0.618 bits per heavy atom. The van der Waals surface area contributed by atoms with Crippen molar-refractivity contribution in [2.75, 3.05) is 13.2 Å². The van der Waals surface area contributed by atoms with Gasteiger partial charge in [-0.2, -0.15) is 0 Å². The van der Waals surface area contributed by atoms with Gasteiger partial charge in [0, 0.05) is 19.3 Å². The van der Waals surface area contributed by atoms with Crippen molar-refractivity contribution in [1.29, 1.82) is 0 Å². The van der Waals surface area contributed by atoms with E-state index in [4.69, 9.17) is 14.2 Å². The van der Waals surface area contributed by atoms with E-state index < -0.39 is 6.10 Å². The number of esters is 3. The topological polar surface area (TPSA) is 78.9 Å². The number of hydrogen-bond acceptors (Lipinski definition) is 6. The van der Waals surface area contributed by atoms with Gasteiger partial charge in [0.05, 0.1) is 0 Å². The molecule has 0 aromatic carbocycles. The molecule has 0 aliphatic carbocycles. The van der Waals surface area contributed by atoms with Gasteiger partial charge in [-0.1, -0.05) is 213 Å². The van der Waals surface area contributed by atoms with Gasteiger partial charge in [-0.25, -0.2) is 0 Å². The molecule has 0 spiro atoms. The maximum absolute atomic E-state index is 12.8. The van der Waals surface area contributed by atoms with Crippen LogP contribution in [-0.4, -0.2) is 37.2 Å². The van der Waals surface area contributed by atoms with Gasteiger partial charge >= 0.3 is 17.9 Å². The van der Waals surface area contributed by atoms with E-state index >= 15 is 0 Å². The van der Waals surface area contributed by atoms with Gasteiger partial charge in [-0.3, -0.25) is 14.4 Å². The minimum absolute atomic E-state index is 0.110. The maximum Gasteiger partial charge on any atom is 0.306 e. The fourth-order valence-electron chi connectivity index (χ4n) is 7.05. The Bertz CT molecular complexity index is 1450. The molecule has 0 N–H and O–H groups in total. The van der Waals surface area contributed by atoms with Crippen molar-refractivity contribution in [1.82, 2.24) is 0 Å². The lowest BCUT2D eigenvalue weighted by atomic mass is 10.1. The number of unbranched alkanes of at least 4 members (excludes halogenated alkanes) is 17. The molecule has 0 amide bonds. The van der Waals surface area contributed by atoms with Crippen molar-refractivity contribution >= 4 is 17.9 Å². The molecule has 0 fully saturated rings. The molecule has 384 valence electrons. The predicted molar refractivity (Wildman–Crippen MR) is 293 cm³/mol. The van der Waals surface area contributed by atoms with Gasteiger partial charge in [0.15, 0.2) is 6.10 Å². The number of hydrogen-bond donors (Lipinski definition) is 0. The Balaban J connectivity index is 4.50.